The normalized spacial score (nSPS) is 12.9. The molecule has 2 heterocycles. The quantitative estimate of drug-likeness (QED) is 0.862. The van der Waals surface area contributed by atoms with Crippen LogP contribution in [0.25, 0.3) is 0 Å². The molecule has 0 fully saturated rings. The molecule has 0 radical (unpaired) electrons. The Morgan fingerprint density at radius 3 is 3.12 bits per heavy atom. The fourth-order valence-corrected chi connectivity index (χ4v) is 2.41. The Morgan fingerprint density at radius 1 is 1.56 bits per heavy atom. The van der Waals surface area contributed by atoms with E-state index in [4.69, 9.17) is 5.73 Å². The number of nitrogens with zero attached hydrogens (tertiary/aromatic N) is 2. The van der Waals surface area contributed by atoms with Gasteiger partial charge in [-0.1, -0.05) is 0 Å². The predicted molar refractivity (Wildman–Crippen MR) is 67.6 cm³/mol. The standard InChI is InChI=1S/C12H17N3S/c1-10(13)8-12-14-4-6-15(12)5-2-11-3-7-16-9-11/h3-4,6-7,9-10H,2,5,8,13H2,1H3. The lowest BCUT2D eigenvalue weighted by molar-refractivity contribution is 0.613. The molecule has 16 heavy (non-hydrogen) atoms. The van der Waals surface area contributed by atoms with Crippen molar-refractivity contribution in [2.24, 2.45) is 5.73 Å². The van der Waals surface area contributed by atoms with Crippen LogP contribution in [0.2, 0.25) is 0 Å². The Balaban J connectivity index is 1.96. The molecule has 0 aliphatic rings. The van der Waals surface area contributed by atoms with Gasteiger partial charge in [-0.05, 0) is 35.7 Å². The highest BCUT2D eigenvalue weighted by Gasteiger charge is 2.05. The summed E-state index contributed by atoms with van der Waals surface area (Å²) in [6.07, 6.45) is 5.79. The van der Waals surface area contributed by atoms with Gasteiger partial charge in [-0.15, -0.1) is 0 Å². The molecular formula is C12H17N3S. The van der Waals surface area contributed by atoms with E-state index in [-0.39, 0.29) is 6.04 Å². The number of rotatable bonds is 5. The second-order valence-electron chi connectivity index (χ2n) is 4.10. The average molecular weight is 235 g/mol. The lowest BCUT2D eigenvalue weighted by Gasteiger charge is -2.08. The van der Waals surface area contributed by atoms with Crippen molar-refractivity contribution in [2.75, 3.05) is 0 Å². The minimum absolute atomic E-state index is 0.169. The van der Waals surface area contributed by atoms with Crippen molar-refractivity contribution >= 4 is 11.3 Å². The maximum absolute atomic E-state index is 5.79. The third kappa shape index (κ3) is 2.93. The zero-order valence-corrected chi connectivity index (χ0v) is 10.3. The maximum atomic E-state index is 5.79. The molecule has 2 aromatic rings. The third-order valence-electron chi connectivity index (χ3n) is 2.53. The van der Waals surface area contributed by atoms with Gasteiger partial charge < -0.3 is 10.3 Å². The molecule has 2 aromatic heterocycles. The van der Waals surface area contributed by atoms with Crippen molar-refractivity contribution in [3.05, 3.63) is 40.6 Å². The van der Waals surface area contributed by atoms with Crippen molar-refractivity contribution in [1.82, 2.24) is 9.55 Å². The highest BCUT2D eigenvalue weighted by Crippen LogP contribution is 2.09. The molecule has 0 aromatic carbocycles. The first-order valence-corrected chi connectivity index (χ1v) is 6.46. The van der Waals surface area contributed by atoms with Gasteiger partial charge >= 0.3 is 0 Å². The summed E-state index contributed by atoms with van der Waals surface area (Å²) in [5.74, 6) is 1.09. The Hall–Kier alpha value is -1.13. The molecular weight excluding hydrogens is 218 g/mol. The molecule has 0 saturated heterocycles. The van der Waals surface area contributed by atoms with Crippen LogP contribution in [0.15, 0.2) is 29.2 Å². The Bertz CT molecular complexity index is 417. The summed E-state index contributed by atoms with van der Waals surface area (Å²) in [5.41, 5.74) is 7.19. The van der Waals surface area contributed by atoms with Gasteiger partial charge in [0.05, 0.1) is 0 Å². The lowest BCUT2D eigenvalue weighted by Crippen LogP contribution is -2.20. The SMILES string of the molecule is CC(N)Cc1nccn1CCc1ccsc1. The molecule has 4 heteroatoms. The van der Waals surface area contributed by atoms with E-state index in [1.165, 1.54) is 5.56 Å². The monoisotopic (exact) mass is 235 g/mol. The Morgan fingerprint density at radius 2 is 2.44 bits per heavy atom. The first-order valence-electron chi connectivity index (χ1n) is 5.52. The van der Waals surface area contributed by atoms with E-state index in [9.17, 15) is 0 Å². The molecule has 3 nitrogen and oxygen atoms in total. The van der Waals surface area contributed by atoms with E-state index in [0.29, 0.717) is 0 Å². The number of hydrogen-bond donors (Lipinski definition) is 1. The second-order valence-corrected chi connectivity index (χ2v) is 4.88. The Labute approximate surface area is 99.9 Å². The molecule has 0 amide bonds. The summed E-state index contributed by atoms with van der Waals surface area (Å²) in [6.45, 7) is 3.00. The molecule has 1 atom stereocenters. The zero-order chi connectivity index (χ0) is 11.4. The molecule has 0 bridgehead atoms. The lowest BCUT2D eigenvalue weighted by atomic mass is 10.2. The summed E-state index contributed by atoms with van der Waals surface area (Å²) in [7, 11) is 0. The first kappa shape index (κ1) is 11.4. The van der Waals surface area contributed by atoms with E-state index in [1.54, 1.807) is 11.3 Å². The third-order valence-corrected chi connectivity index (χ3v) is 3.26. The number of thiophene rings is 1. The molecule has 2 rings (SSSR count). The van der Waals surface area contributed by atoms with Crippen LogP contribution in [0.1, 0.15) is 18.3 Å². The highest BCUT2D eigenvalue weighted by atomic mass is 32.1. The van der Waals surface area contributed by atoms with Crippen LogP contribution in [0.5, 0.6) is 0 Å². The molecule has 2 N–H and O–H groups in total. The molecule has 86 valence electrons. The van der Waals surface area contributed by atoms with Gasteiger partial charge in [0.2, 0.25) is 0 Å². The number of hydrogen-bond acceptors (Lipinski definition) is 3. The van der Waals surface area contributed by atoms with E-state index in [2.05, 4.69) is 26.4 Å². The maximum Gasteiger partial charge on any atom is 0.110 e. The van der Waals surface area contributed by atoms with Crippen LogP contribution in [0.3, 0.4) is 0 Å². The van der Waals surface area contributed by atoms with Crippen LogP contribution >= 0.6 is 11.3 Å². The van der Waals surface area contributed by atoms with Gasteiger partial charge in [0.15, 0.2) is 0 Å². The summed E-state index contributed by atoms with van der Waals surface area (Å²) in [5, 5.41) is 4.31. The van der Waals surface area contributed by atoms with Crippen LogP contribution in [-0.2, 0) is 19.4 Å². The minimum atomic E-state index is 0.169. The summed E-state index contributed by atoms with van der Waals surface area (Å²) in [4.78, 5) is 4.34. The fourth-order valence-electron chi connectivity index (χ4n) is 1.71. The van der Waals surface area contributed by atoms with Crippen molar-refractivity contribution in [3.8, 4) is 0 Å². The number of aromatic nitrogens is 2. The Kier molecular flexibility index (Phi) is 3.74. The van der Waals surface area contributed by atoms with E-state index < -0.39 is 0 Å². The summed E-state index contributed by atoms with van der Waals surface area (Å²) in [6, 6.07) is 2.34. The number of nitrogens with two attached hydrogens (primary N) is 1. The minimum Gasteiger partial charge on any atom is -0.335 e. The molecule has 0 spiro atoms. The predicted octanol–water partition coefficient (Wildman–Crippen LogP) is 2.08. The van der Waals surface area contributed by atoms with Crippen molar-refractivity contribution in [2.45, 2.75) is 32.4 Å². The van der Waals surface area contributed by atoms with Gasteiger partial charge in [-0.3, -0.25) is 0 Å². The number of aryl methyl sites for hydroxylation is 2. The van der Waals surface area contributed by atoms with Crippen molar-refractivity contribution in [3.63, 3.8) is 0 Å². The summed E-state index contributed by atoms with van der Waals surface area (Å²) < 4.78 is 2.20. The van der Waals surface area contributed by atoms with Gasteiger partial charge in [0, 0.05) is 31.4 Å². The molecule has 0 saturated carbocycles. The van der Waals surface area contributed by atoms with Gasteiger partial charge in [0.25, 0.3) is 0 Å². The van der Waals surface area contributed by atoms with Crippen molar-refractivity contribution in [1.29, 1.82) is 0 Å². The molecule has 0 aliphatic heterocycles. The van der Waals surface area contributed by atoms with Gasteiger partial charge in [-0.25, -0.2) is 4.98 Å². The van der Waals surface area contributed by atoms with Gasteiger partial charge in [-0.2, -0.15) is 11.3 Å². The average Bonchev–Trinajstić information content (AvgIpc) is 2.84. The van der Waals surface area contributed by atoms with Crippen LogP contribution in [0.4, 0.5) is 0 Å². The summed E-state index contributed by atoms with van der Waals surface area (Å²) >= 11 is 1.75. The highest BCUT2D eigenvalue weighted by molar-refractivity contribution is 7.07. The fraction of sp³-hybridized carbons (Fsp3) is 0.417. The molecule has 0 aliphatic carbocycles. The first-order chi connectivity index (χ1) is 7.75. The van der Waals surface area contributed by atoms with E-state index >= 15 is 0 Å². The van der Waals surface area contributed by atoms with Crippen LogP contribution in [0, 0.1) is 0 Å². The van der Waals surface area contributed by atoms with Crippen LogP contribution in [-0.4, -0.2) is 15.6 Å². The van der Waals surface area contributed by atoms with Gasteiger partial charge in [0.1, 0.15) is 5.82 Å². The number of imidazole rings is 1. The smallest absolute Gasteiger partial charge is 0.110 e. The van der Waals surface area contributed by atoms with E-state index in [1.807, 2.05) is 19.3 Å². The largest absolute Gasteiger partial charge is 0.335 e. The molecule has 1 unspecified atom stereocenters. The van der Waals surface area contributed by atoms with E-state index in [0.717, 1.165) is 25.2 Å². The topological polar surface area (TPSA) is 43.8 Å². The van der Waals surface area contributed by atoms with Crippen molar-refractivity contribution < 1.29 is 0 Å². The zero-order valence-electron chi connectivity index (χ0n) is 9.47. The second kappa shape index (κ2) is 5.27. The van der Waals surface area contributed by atoms with Crippen LogP contribution < -0.4 is 5.73 Å².